The molecule has 2 unspecified atom stereocenters. The molecule has 1 amide bonds. The summed E-state index contributed by atoms with van der Waals surface area (Å²) in [6, 6.07) is 5.70. The Hall–Kier alpha value is -0.870. The van der Waals surface area contributed by atoms with Crippen LogP contribution < -0.4 is 5.32 Å². The van der Waals surface area contributed by atoms with Gasteiger partial charge >= 0.3 is 0 Å². The molecule has 0 aromatic heterocycles. The lowest BCUT2D eigenvalue weighted by atomic mass is 10.1. The Labute approximate surface area is 116 Å². The number of aliphatic hydroxyl groups excluding tert-OH is 1. The molecule has 3 nitrogen and oxygen atoms in total. The summed E-state index contributed by atoms with van der Waals surface area (Å²) in [5.74, 6) is 0.381. The number of halogens is 1. The minimum absolute atomic E-state index is 0.0322. The fourth-order valence-electron chi connectivity index (χ4n) is 2.41. The van der Waals surface area contributed by atoms with Crippen molar-refractivity contribution in [2.45, 2.75) is 32.3 Å². The SMILES string of the molecule is Cc1ccc(Br)cc1C(=O)NCC1CCC(O)C1. The molecule has 1 aromatic carbocycles. The van der Waals surface area contributed by atoms with E-state index in [0.717, 1.165) is 29.3 Å². The van der Waals surface area contributed by atoms with Gasteiger partial charge < -0.3 is 10.4 Å². The first-order chi connectivity index (χ1) is 8.56. The van der Waals surface area contributed by atoms with Crippen LogP contribution in [0.3, 0.4) is 0 Å². The van der Waals surface area contributed by atoms with E-state index in [9.17, 15) is 9.90 Å². The van der Waals surface area contributed by atoms with Crippen LogP contribution in [0.15, 0.2) is 22.7 Å². The van der Waals surface area contributed by atoms with Crippen molar-refractivity contribution in [3.8, 4) is 0 Å². The molecule has 0 aliphatic heterocycles. The number of benzene rings is 1. The summed E-state index contributed by atoms with van der Waals surface area (Å²) in [4.78, 5) is 12.1. The van der Waals surface area contributed by atoms with Gasteiger partial charge in [0, 0.05) is 16.6 Å². The minimum Gasteiger partial charge on any atom is -0.393 e. The van der Waals surface area contributed by atoms with E-state index >= 15 is 0 Å². The van der Waals surface area contributed by atoms with Crippen LogP contribution in [0.5, 0.6) is 0 Å². The Bertz CT molecular complexity index is 447. The van der Waals surface area contributed by atoms with Crippen LogP contribution in [-0.4, -0.2) is 23.7 Å². The quantitative estimate of drug-likeness (QED) is 0.901. The molecule has 2 atom stereocenters. The number of aliphatic hydroxyl groups is 1. The Morgan fingerprint density at radius 1 is 1.50 bits per heavy atom. The van der Waals surface area contributed by atoms with Crippen LogP contribution in [0.2, 0.25) is 0 Å². The third-order valence-corrected chi connectivity index (χ3v) is 4.00. The third-order valence-electron chi connectivity index (χ3n) is 3.51. The second-order valence-corrected chi connectivity index (χ2v) is 5.92. The Balaban J connectivity index is 1.93. The highest BCUT2D eigenvalue weighted by Gasteiger charge is 2.23. The van der Waals surface area contributed by atoms with Gasteiger partial charge in [-0.25, -0.2) is 0 Å². The smallest absolute Gasteiger partial charge is 0.251 e. The van der Waals surface area contributed by atoms with Crippen molar-refractivity contribution in [1.29, 1.82) is 0 Å². The van der Waals surface area contributed by atoms with Gasteiger partial charge in [0.1, 0.15) is 0 Å². The average Bonchev–Trinajstić information content (AvgIpc) is 2.75. The summed E-state index contributed by atoms with van der Waals surface area (Å²) in [5, 5.41) is 12.4. The van der Waals surface area contributed by atoms with E-state index in [0.29, 0.717) is 18.0 Å². The Kier molecular flexibility index (Phi) is 4.40. The highest BCUT2D eigenvalue weighted by molar-refractivity contribution is 9.10. The lowest BCUT2D eigenvalue weighted by Gasteiger charge is -2.12. The largest absolute Gasteiger partial charge is 0.393 e. The molecule has 1 aliphatic rings. The first-order valence-corrected chi connectivity index (χ1v) is 7.08. The average molecular weight is 312 g/mol. The van der Waals surface area contributed by atoms with Gasteiger partial charge in [0.2, 0.25) is 0 Å². The van der Waals surface area contributed by atoms with Gasteiger partial charge in [0.25, 0.3) is 5.91 Å². The summed E-state index contributed by atoms with van der Waals surface area (Å²) in [6.07, 6.45) is 2.48. The van der Waals surface area contributed by atoms with Crippen molar-refractivity contribution in [1.82, 2.24) is 5.32 Å². The van der Waals surface area contributed by atoms with Crippen molar-refractivity contribution in [2.75, 3.05) is 6.54 Å². The molecule has 1 aliphatic carbocycles. The van der Waals surface area contributed by atoms with Crippen molar-refractivity contribution < 1.29 is 9.90 Å². The summed E-state index contributed by atoms with van der Waals surface area (Å²) in [5.41, 5.74) is 1.69. The molecule has 4 heteroatoms. The number of amides is 1. The number of carbonyl (C=O) groups is 1. The molecule has 0 radical (unpaired) electrons. The highest BCUT2D eigenvalue weighted by Crippen LogP contribution is 2.24. The van der Waals surface area contributed by atoms with E-state index in [1.54, 1.807) is 0 Å². The number of hydrogen-bond donors (Lipinski definition) is 2. The summed E-state index contributed by atoms with van der Waals surface area (Å²) < 4.78 is 0.912. The number of nitrogens with one attached hydrogen (secondary N) is 1. The predicted molar refractivity (Wildman–Crippen MR) is 74.6 cm³/mol. The van der Waals surface area contributed by atoms with Crippen LogP contribution in [0.1, 0.15) is 35.2 Å². The first kappa shape index (κ1) is 13.6. The van der Waals surface area contributed by atoms with Crippen molar-refractivity contribution >= 4 is 21.8 Å². The number of hydrogen-bond acceptors (Lipinski definition) is 2. The van der Waals surface area contributed by atoms with Gasteiger partial charge in [-0.15, -0.1) is 0 Å². The fourth-order valence-corrected chi connectivity index (χ4v) is 2.77. The van der Waals surface area contributed by atoms with Crippen LogP contribution in [-0.2, 0) is 0 Å². The standard InChI is InChI=1S/C14H18BrNO2/c1-9-2-4-11(15)7-13(9)14(18)16-8-10-3-5-12(17)6-10/h2,4,7,10,12,17H,3,5-6,8H2,1H3,(H,16,18). The molecule has 98 valence electrons. The topological polar surface area (TPSA) is 49.3 Å². The number of carbonyl (C=O) groups excluding carboxylic acids is 1. The third kappa shape index (κ3) is 3.33. The van der Waals surface area contributed by atoms with Crippen LogP contribution in [0.4, 0.5) is 0 Å². The van der Waals surface area contributed by atoms with Crippen LogP contribution in [0.25, 0.3) is 0 Å². The molecule has 2 N–H and O–H groups in total. The molecule has 0 heterocycles. The van der Waals surface area contributed by atoms with E-state index in [4.69, 9.17) is 0 Å². The van der Waals surface area contributed by atoms with Gasteiger partial charge in [0.15, 0.2) is 0 Å². The van der Waals surface area contributed by atoms with Crippen LogP contribution >= 0.6 is 15.9 Å². The maximum Gasteiger partial charge on any atom is 0.251 e. The molecular formula is C14H18BrNO2. The summed E-state index contributed by atoms with van der Waals surface area (Å²) in [7, 11) is 0. The van der Waals surface area contributed by atoms with Gasteiger partial charge in [0.05, 0.1) is 6.10 Å². The lowest BCUT2D eigenvalue weighted by Crippen LogP contribution is -2.29. The molecule has 0 spiro atoms. The van der Waals surface area contributed by atoms with Crippen LogP contribution in [0, 0.1) is 12.8 Å². The molecule has 0 bridgehead atoms. The normalized spacial score (nSPS) is 23.1. The first-order valence-electron chi connectivity index (χ1n) is 6.28. The summed E-state index contributed by atoms with van der Waals surface area (Å²) >= 11 is 3.38. The van der Waals surface area contributed by atoms with Gasteiger partial charge in [-0.3, -0.25) is 4.79 Å². The van der Waals surface area contributed by atoms with Gasteiger partial charge in [-0.1, -0.05) is 22.0 Å². The number of aryl methyl sites for hydroxylation is 1. The molecule has 1 aromatic rings. The minimum atomic E-state index is -0.181. The molecule has 0 saturated heterocycles. The fraction of sp³-hybridized carbons (Fsp3) is 0.500. The Morgan fingerprint density at radius 2 is 2.28 bits per heavy atom. The predicted octanol–water partition coefficient (Wildman–Crippen LogP) is 2.65. The van der Waals surface area contributed by atoms with Gasteiger partial charge in [-0.2, -0.15) is 0 Å². The number of rotatable bonds is 3. The second kappa shape index (κ2) is 5.85. The van der Waals surface area contributed by atoms with E-state index in [1.165, 1.54) is 0 Å². The molecule has 18 heavy (non-hydrogen) atoms. The molecule has 2 rings (SSSR count). The molecular weight excluding hydrogens is 294 g/mol. The van der Waals surface area contributed by atoms with E-state index in [-0.39, 0.29) is 12.0 Å². The highest BCUT2D eigenvalue weighted by atomic mass is 79.9. The monoisotopic (exact) mass is 311 g/mol. The lowest BCUT2D eigenvalue weighted by molar-refractivity contribution is 0.0944. The molecule has 1 saturated carbocycles. The van der Waals surface area contributed by atoms with Crippen molar-refractivity contribution in [3.05, 3.63) is 33.8 Å². The van der Waals surface area contributed by atoms with Crippen molar-refractivity contribution in [3.63, 3.8) is 0 Å². The van der Waals surface area contributed by atoms with E-state index in [1.807, 2.05) is 25.1 Å². The maximum absolute atomic E-state index is 12.1. The maximum atomic E-state index is 12.1. The zero-order valence-corrected chi connectivity index (χ0v) is 12.0. The van der Waals surface area contributed by atoms with Crippen molar-refractivity contribution in [2.24, 2.45) is 5.92 Å². The van der Waals surface area contributed by atoms with E-state index < -0.39 is 0 Å². The van der Waals surface area contributed by atoms with E-state index in [2.05, 4.69) is 21.2 Å². The summed E-state index contributed by atoms with van der Waals surface area (Å²) in [6.45, 7) is 2.59. The van der Waals surface area contributed by atoms with Gasteiger partial charge in [-0.05, 0) is 49.8 Å². The Morgan fingerprint density at radius 3 is 2.94 bits per heavy atom. The molecule has 1 fully saturated rings. The zero-order chi connectivity index (χ0) is 13.1. The second-order valence-electron chi connectivity index (χ2n) is 5.00. The zero-order valence-electron chi connectivity index (χ0n) is 10.4.